The lowest BCUT2D eigenvalue weighted by Crippen LogP contribution is -1.95. The van der Waals surface area contributed by atoms with Crippen molar-refractivity contribution >= 4 is 18.4 Å². The molecule has 0 saturated carbocycles. The fourth-order valence-electron chi connectivity index (χ4n) is 1.90. The minimum Gasteiger partial charge on any atom is -0.497 e. The van der Waals surface area contributed by atoms with Crippen LogP contribution >= 0.6 is 12.2 Å². The van der Waals surface area contributed by atoms with Crippen LogP contribution in [-0.2, 0) is 0 Å². The van der Waals surface area contributed by atoms with Gasteiger partial charge in [-0.2, -0.15) is 14.9 Å². The second-order valence-electron chi connectivity index (χ2n) is 4.42. The third kappa shape index (κ3) is 2.94. The lowest BCUT2D eigenvalue weighted by atomic mass is 10.2. The van der Waals surface area contributed by atoms with Crippen LogP contribution in [0.25, 0.3) is 11.4 Å². The zero-order chi connectivity index (χ0) is 15.4. The highest BCUT2D eigenvalue weighted by atomic mass is 32.1. The average molecular weight is 311 g/mol. The summed E-state index contributed by atoms with van der Waals surface area (Å²) in [7, 11) is 1.63. The van der Waals surface area contributed by atoms with Crippen LogP contribution in [-0.4, -0.2) is 33.2 Å². The molecule has 0 spiro atoms. The quantitative estimate of drug-likeness (QED) is 0.594. The summed E-state index contributed by atoms with van der Waals surface area (Å²) in [5.74, 6) is 1.42. The molecule has 0 aliphatic rings. The van der Waals surface area contributed by atoms with Gasteiger partial charge in [-0.1, -0.05) is 0 Å². The number of ether oxygens (including phenoxy) is 1. The fourth-order valence-corrected chi connectivity index (χ4v) is 2.08. The average Bonchev–Trinajstić information content (AvgIpc) is 2.95. The van der Waals surface area contributed by atoms with E-state index in [4.69, 9.17) is 17.0 Å². The lowest BCUT2D eigenvalue weighted by Gasteiger charge is -2.03. The number of H-pyrrole nitrogens is 1. The van der Waals surface area contributed by atoms with E-state index in [1.807, 2.05) is 36.4 Å². The van der Waals surface area contributed by atoms with Crippen LogP contribution in [0, 0.1) is 4.77 Å². The van der Waals surface area contributed by atoms with Crippen molar-refractivity contribution in [3.63, 3.8) is 0 Å². The van der Waals surface area contributed by atoms with Crippen molar-refractivity contribution in [3.8, 4) is 17.1 Å². The van der Waals surface area contributed by atoms with E-state index in [0.29, 0.717) is 10.6 Å². The van der Waals surface area contributed by atoms with Gasteiger partial charge in [0.25, 0.3) is 0 Å². The van der Waals surface area contributed by atoms with Gasteiger partial charge in [0.05, 0.1) is 13.3 Å². The second kappa shape index (κ2) is 6.31. The first-order chi connectivity index (χ1) is 10.8. The summed E-state index contributed by atoms with van der Waals surface area (Å²) in [5.41, 5.74) is 1.82. The largest absolute Gasteiger partial charge is 0.497 e. The van der Waals surface area contributed by atoms with Gasteiger partial charge in [0, 0.05) is 18.0 Å². The van der Waals surface area contributed by atoms with Crippen LogP contribution in [0.1, 0.15) is 5.56 Å². The van der Waals surface area contributed by atoms with Crippen molar-refractivity contribution in [1.82, 2.24) is 19.9 Å². The number of nitrogens with one attached hydrogen (secondary N) is 1. The summed E-state index contributed by atoms with van der Waals surface area (Å²) in [6, 6.07) is 11.3. The number of nitrogens with zero attached hydrogens (tertiary/aromatic N) is 4. The summed E-state index contributed by atoms with van der Waals surface area (Å²) < 4.78 is 7.16. The van der Waals surface area contributed by atoms with Crippen LogP contribution in [0.15, 0.2) is 53.9 Å². The first kappa shape index (κ1) is 14.2. The molecule has 2 heterocycles. The Balaban J connectivity index is 1.97. The van der Waals surface area contributed by atoms with Crippen molar-refractivity contribution in [3.05, 3.63) is 59.1 Å². The highest BCUT2D eigenvalue weighted by Crippen LogP contribution is 2.20. The first-order valence-corrected chi connectivity index (χ1v) is 6.95. The van der Waals surface area contributed by atoms with Crippen molar-refractivity contribution in [2.45, 2.75) is 0 Å². The SMILES string of the molecule is COc1ccc(-c2n[nH]c(=S)n2/N=C/c2ccncc2)cc1. The molecular formula is C15H13N5OS. The predicted octanol–water partition coefficient (Wildman–Crippen LogP) is 2.89. The molecule has 0 aliphatic heterocycles. The Labute approximate surface area is 132 Å². The number of aromatic amines is 1. The molecule has 22 heavy (non-hydrogen) atoms. The molecule has 7 heteroatoms. The summed E-state index contributed by atoms with van der Waals surface area (Å²) in [6.45, 7) is 0. The Morgan fingerprint density at radius 2 is 1.91 bits per heavy atom. The molecule has 3 rings (SSSR count). The maximum absolute atomic E-state index is 5.23. The number of benzene rings is 1. The van der Waals surface area contributed by atoms with E-state index < -0.39 is 0 Å². The Morgan fingerprint density at radius 3 is 2.59 bits per heavy atom. The van der Waals surface area contributed by atoms with E-state index >= 15 is 0 Å². The molecule has 3 aromatic rings. The molecule has 0 saturated heterocycles. The molecule has 1 N–H and O–H groups in total. The highest BCUT2D eigenvalue weighted by molar-refractivity contribution is 7.71. The minimum atomic E-state index is 0.427. The van der Waals surface area contributed by atoms with Gasteiger partial charge in [0.1, 0.15) is 5.75 Å². The molecular weight excluding hydrogens is 298 g/mol. The Morgan fingerprint density at radius 1 is 1.18 bits per heavy atom. The van der Waals surface area contributed by atoms with Crippen LogP contribution in [0.3, 0.4) is 0 Å². The number of methoxy groups -OCH3 is 1. The molecule has 0 atom stereocenters. The van der Waals surface area contributed by atoms with E-state index in [2.05, 4.69) is 20.3 Å². The van der Waals surface area contributed by atoms with Gasteiger partial charge in [-0.15, -0.1) is 0 Å². The molecule has 2 aromatic heterocycles. The summed E-state index contributed by atoms with van der Waals surface area (Å²) >= 11 is 5.23. The predicted molar refractivity (Wildman–Crippen MR) is 86.6 cm³/mol. The maximum Gasteiger partial charge on any atom is 0.216 e. The third-order valence-electron chi connectivity index (χ3n) is 3.03. The van der Waals surface area contributed by atoms with E-state index in [1.165, 1.54) is 0 Å². The van der Waals surface area contributed by atoms with Crippen LogP contribution < -0.4 is 4.74 Å². The number of pyridine rings is 1. The van der Waals surface area contributed by atoms with Crippen molar-refractivity contribution in [1.29, 1.82) is 0 Å². The smallest absolute Gasteiger partial charge is 0.216 e. The lowest BCUT2D eigenvalue weighted by molar-refractivity contribution is 0.415. The van der Waals surface area contributed by atoms with Crippen molar-refractivity contribution < 1.29 is 4.74 Å². The normalized spacial score (nSPS) is 11.0. The van der Waals surface area contributed by atoms with Crippen LogP contribution in [0.2, 0.25) is 0 Å². The maximum atomic E-state index is 5.23. The van der Waals surface area contributed by atoms with Gasteiger partial charge in [-0.05, 0) is 54.2 Å². The van der Waals surface area contributed by atoms with Gasteiger partial charge < -0.3 is 4.74 Å². The summed E-state index contributed by atoms with van der Waals surface area (Å²) in [4.78, 5) is 3.97. The van der Waals surface area contributed by atoms with Crippen LogP contribution in [0.4, 0.5) is 0 Å². The van der Waals surface area contributed by atoms with Crippen molar-refractivity contribution in [2.24, 2.45) is 5.10 Å². The Hall–Kier alpha value is -2.80. The molecule has 110 valence electrons. The molecule has 0 aliphatic carbocycles. The molecule has 0 unspecified atom stereocenters. The molecule has 0 bridgehead atoms. The standard InChI is InChI=1S/C15H13N5OS/c1-21-13-4-2-12(3-5-13)14-18-19-15(22)20(14)17-10-11-6-8-16-9-7-11/h2-10H,1H3,(H,19,22)/b17-10+. The molecule has 0 radical (unpaired) electrons. The van der Waals surface area contributed by atoms with E-state index in [9.17, 15) is 0 Å². The summed E-state index contributed by atoms with van der Waals surface area (Å²) in [5, 5.41) is 11.4. The van der Waals surface area contributed by atoms with Crippen LogP contribution in [0.5, 0.6) is 5.75 Å². The highest BCUT2D eigenvalue weighted by Gasteiger charge is 2.08. The number of aromatic nitrogens is 4. The molecule has 1 aromatic carbocycles. The van der Waals surface area contributed by atoms with E-state index in [-0.39, 0.29) is 0 Å². The van der Waals surface area contributed by atoms with Gasteiger partial charge in [0.15, 0.2) is 5.82 Å². The third-order valence-corrected chi connectivity index (χ3v) is 3.29. The number of hydrogen-bond donors (Lipinski definition) is 1. The topological polar surface area (TPSA) is 68.1 Å². The molecule has 0 fully saturated rings. The first-order valence-electron chi connectivity index (χ1n) is 6.54. The van der Waals surface area contributed by atoms with E-state index in [0.717, 1.165) is 16.9 Å². The monoisotopic (exact) mass is 311 g/mol. The van der Waals surface area contributed by atoms with Gasteiger partial charge in [0.2, 0.25) is 4.77 Å². The van der Waals surface area contributed by atoms with Crippen molar-refractivity contribution in [2.75, 3.05) is 7.11 Å². The van der Waals surface area contributed by atoms with Gasteiger partial charge >= 0.3 is 0 Å². The Bertz CT molecular complexity index is 836. The van der Waals surface area contributed by atoms with E-state index in [1.54, 1.807) is 30.4 Å². The second-order valence-corrected chi connectivity index (χ2v) is 4.80. The summed E-state index contributed by atoms with van der Waals surface area (Å²) in [6.07, 6.45) is 5.13. The van der Waals surface area contributed by atoms with Gasteiger partial charge in [-0.25, -0.2) is 5.10 Å². The van der Waals surface area contributed by atoms with Gasteiger partial charge in [-0.3, -0.25) is 4.98 Å². The zero-order valence-electron chi connectivity index (χ0n) is 11.8. The molecule has 0 amide bonds. The number of hydrogen-bond acceptors (Lipinski definition) is 5. The molecule has 6 nitrogen and oxygen atoms in total. The Kier molecular flexibility index (Phi) is 4.06. The zero-order valence-corrected chi connectivity index (χ0v) is 12.6. The fraction of sp³-hybridized carbons (Fsp3) is 0.0667. The minimum absolute atomic E-state index is 0.427. The number of rotatable bonds is 4.